The minimum absolute atomic E-state index is 0.00619. The molecule has 1 unspecified atom stereocenters. The molecule has 2 fully saturated rings. The largest absolute Gasteiger partial charge is 0.393 e. The van der Waals surface area contributed by atoms with Gasteiger partial charge in [-0.1, -0.05) is 74.5 Å². The van der Waals surface area contributed by atoms with Crippen molar-refractivity contribution in [3.8, 4) is 0 Å². The summed E-state index contributed by atoms with van der Waals surface area (Å²) in [5.74, 6) is -17.2. The second-order valence-corrected chi connectivity index (χ2v) is 31.0. The predicted molar refractivity (Wildman–Crippen MR) is 450 cm³/mol. The molecule has 0 saturated carbocycles. The third-order valence-electron chi connectivity index (χ3n) is 20.0. The number of aliphatic hydroxyl groups excluding tert-OH is 1. The van der Waals surface area contributed by atoms with Gasteiger partial charge in [0.05, 0.1) is 63.6 Å². The number of nitrogens with one attached hydrogen (secondary N) is 18. The van der Waals surface area contributed by atoms with Crippen molar-refractivity contribution in [3.63, 3.8) is 0 Å². The molecule has 123 heavy (non-hydrogen) atoms. The molecule has 16 amide bonds. The van der Waals surface area contributed by atoms with E-state index in [9.17, 15) is 77.0 Å². The molecular formula is C80H131N25O18+2. The highest BCUT2D eigenvalue weighted by Gasteiger charge is 2.39. The third-order valence-corrected chi connectivity index (χ3v) is 20.0. The fourth-order valence-corrected chi connectivity index (χ4v) is 13.2. The van der Waals surface area contributed by atoms with Gasteiger partial charge in [-0.3, -0.25) is 114 Å². The molecule has 2 saturated heterocycles. The van der Waals surface area contributed by atoms with Crippen molar-refractivity contribution in [2.24, 2.45) is 52.0 Å². The molecule has 0 bridgehead atoms. The zero-order valence-electron chi connectivity index (χ0n) is 70.7. The topological polar surface area (TPSA) is 713 Å². The number of Topliss-reactive ketones (excluding diaryl/α,β-unsaturated/α-hetero) is 1. The lowest BCUT2D eigenvalue weighted by Crippen LogP contribution is -2.78. The Bertz CT molecular complexity index is 3890. The average molecular weight is 1730 g/mol. The summed E-state index contributed by atoms with van der Waals surface area (Å²) in [6.45, 7) is 5.39. The van der Waals surface area contributed by atoms with Gasteiger partial charge in [-0.05, 0) is 160 Å². The SMILES string of the molecule is CC(C)C[C@@H]1NC(=O)[C@H](CCCCN)NC(=O)[C@H](CCC[NH+]=C(N)N)NC(=O)[C@@H](NC(=O)[C@@H]2CC(=O)NCCCC[C@H](NC(=O)[C@@H](CC(=O)[C@H](Cc3ccccc3)NC(=O)CNC(=O)CNC(=O)CNCc3ccccc3)C(C)O)C(=O)N[C@@H](C)C(=O)N[C@@H](CCC[NH+]=C(N)N)C(=O)N[C@@H](CCCCN)C(=O)N2)CCCCNC(=O)C[C@@H](C(N)=O)NC1=O. The number of aliphatic hydroxyl groups is 1. The summed E-state index contributed by atoms with van der Waals surface area (Å²) < 4.78 is 0. The maximum atomic E-state index is 15.2. The molecule has 2 aromatic rings. The van der Waals surface area contributed by atoms with Crippen LogP contribution in [0.3, 0.4) is 0 Å². The monoisotopic (exact) mass is 1730 g/mol. The minimum atomic E-state index is -1.89. The number of carbonyl (C=O) groups excluding carboxylic acids is 17. The van der Waals surface area contributed by atoms with Crippen molar-refractivity contribution in [1.29, 1.82) is 0 Å². The highest BCUT2D eigenvalue weighted by molar-refractivity contribution is 6.01. The van der Waals surface area contributed by atoms with Crippen molar-refractivity contribution >= 4 is 112 Å². The first kappa shape index (κ1) is 103. The van der Waals surface area contributed by atoms with Crippen LogP contribution in [0.5, 0.6) is 0 Å². The van der Waals surface area contributed by atoms with Gasteiger partial charge in [0.1, 0.15) is 60.4 Å². The molecule has 0 aliphatic carbocycles. The van der Waals surface area contributed by atoms with Crippen molar-refractivity contribution in [3.05, 3.63) is 71.8 Å². The van der Waals surface area contributed by atoms with E-state index in [1.54, 1.807) is 44.2 Å². The van der Waals surface area contributed by atoms with Gasteiger partial charge in [-0.15, -0.1) is 0 Å². The van der Waals surface area contributed by atoms with Gasteiger partial charge in [0.25, 0.3) is 0 Å². The average Bonchev–Trinajstić information content (AvgIpc) is 0.855. The number of carbonyl (C=O) groups is 17. The van der Waals surface area contributed by atoms with E-state index in [0.717, 1.165) is 5.56 Å². The van der Waals surface area contributed by atoms with Crippen LogP contribution in [0, 0.1) is 11.8 Å². The maximum absolute atomic E-state index is 15.2. The molecule has 0 spiro atoms. The molecule has 4 rings (SSSR count). The van der Waals surface area contributed by atoms with Gasteiger partial charge in [0.15, 0.2) is 5.78 Å². The smallest absolute Gasteiger partial charge is 0.338 e. The van der Waals surface area contributed by atoms with Crippen molar-refractivity contribution in [2.75, 3.05) is 58.9 Å². The Morgan fingerprint density at radius 1 is 0.488 bits per heavy atom. The Morgan fingerprint density at radius 3 is 1.41 bits per heavy atom. The summed E-state index contributed by atoms with van der Waals surface area (Å²) in [7, 11) is 0. The normalized spacial score (nSPS) is 21.9. The number of hydrogen-bond donors (Lipinski definition) is 26. The first-order chi connectivity index (χ1) is 58.6. The van der Waals surface area contributed by atoms with Crippen LogP contribution >= 0.6 is 0 Å². The van der Waals surface area contributed by atoms with Crippen molar-refractivity contribution in [1.82, 2.24) is 85.1 Å². The van der Waals surface area contributed by atoms with E-state index in [-0.39, 0.29) is 166 Å². The lowest BCUT2D eigenvalue weighted by molar-refractivity contribution is -0.460. The molecule has 0 radical (unpaired) electrons. The summed E-state index contributed by atoms with van der Waals surface area (Å²) >= 11 is 0. The molecular weight excluding hydrogens is 1600 g/mol. The van der Waals surface area contributed by atoms with E-state index in [0.29, 0.717) is 24.9 Å². The lowest BCUT2D eigenvalue weighted by atomic mass is 9.90. The summed E-state index contributed by atoms with van der Waals surface area (Å²) in [4.78, 5) is 246. The van der Waals surface area contributed by atoms with E-state index in [1.807, 2.05) is 30.3 Å². The summed E-state index contributed by atoms with van der Waals surface area (Å²) in [5.41, 5.74) is 41.6. The Morgan fingerprint density at radius 2 is 0.919 bits per heavy atom. The Hall–Kier alpha value is -12.0. The van der Waals surface area contributed by atoms with E-state index in [4.69, 9.17) is 40.1 Å². The number of hydrogen-bond acceptors (Lipinski definition) is 21. The first-order valence-corrected chi connectivity index (χ1v) is 41.9. The predicted octanol–water partition coefficient (Wildman–Crippen LogP) is -11.0. The zero-order valence-corrected chi connectivity index (χ0v) is 70.7. The van der Waals surface area contributed by atoms with Gasteiger partial charge in [0, 0.05) is 26.1 Å². The van der Waals surface area contributed by atoms with Crippen LogP contribution in [0.25, 0.3) is 0 Å². The van der Waals surface area contributed by atoms with Gasteiger partial charge < -0.3 is 107 Å². The third kappa shape index (κ3) is 41.4. The number of ketones is 1. The summed E-state index contributed by atoms with van der Waals surface area (Å²) in [6.07, 6.45) is -3.34. The van der Waals surface area contributed by atoms with Crippen LogP contribution in [0.4, 0.5) is 0 Å². The number of primary amides is 1. The number of benzene rings is 2. The van der Waals surface area contributed by atoms with Crippen LogP contribution in [0.1, 0.15) is 167 Å². The highest BCUT2D eigenvalue weighted by Crippen LogP contribution is 2.18. The summed E-state index contributed by atoms with van der Waals surface area (Å²) in [6, 6.07) is 1.08. The van der Waals surface area contributed by atoms with E-state index < -0.39 is 211 Å². The maximum Gasteiger partial charge on any atom is 0.338 e. The number of nitrogens with two attached hydrogens (primary N) is 7. The number of rotatable bonds is 38. The van der Waals surface area contributed by atoms with Gasteiger partial charge in [-0.25, -0.2) is 0 Å². The van der Waals surface area contributed by atoms with Crippen LogP contribution < -0.4 is 135 Å². The minimum Gasteiger partial charge on any atom is -0.393 e. The molecule has 33 N–H and O–H groups in total. The molecule has 2 aliphatic heterocycles. The second-order valence-electron chi connectivity index (χ2n) is 31.0. The number of guanidine groups is 2. The molecule has 13 atom stereocenters. The van der Waals surface area contributed by atoms with E-state index >= 15 is 9.59 Å². The number of unbranched alkanes of at least 4 members (excludes halogenated alkanes) is 2. The van der Waals surface area contributed by atoms with Gasteiger partial charge in [-0.2, -0.15) is 0 Å². The summed E-state index contributed by atoms with van der Waals surface area (Å²) in [5, 5.41) is 53.2. The van der Waals surface area contributed by atoms with Gasteiger partial charge >= 0.3 is 11.9 Å². The van der Waals surface area contributed by atoms with E-state index in [2.05, 4.69) is 95.1 Å². The van der Waals surface area contributed by atoms with Crippen LogP contribution in [-0.2, 0) is 94.5 Å². The fourth-order valence-electron chi connectivity index (χ4n) is 13.2. The second kappa shape index (κ2) is 56.6. The highest BCUT2D eigenvalue weighted by atomic mass is 16.3. The Kier molecular flexibility index (Phi) is 47.5. The van der Waals surface area contributed by atoms with Crippen molar-refractivity contribution < 1.29 is 96.6 Å². The van der Waals surface area contributed by atoms with Gasteiger partial charge in [0.2, 0.25) is 94.5 Å². The quantitative estimate of drug-likeness (QED) is 0.0169. The molecule has 43 heteroatoms. The lowest BCUT2D eigenvalue weighted by Gasteiger charge is -2.29. The Labute approximate surface area is 715 Å². The Balaban J connectivity index is 1.73. The van der Waals surface area contributed by atoms with Crippen molar-refractivity contribution in [2.45, 2.75) is 242 Å². The molecule has 0 aromatic heterocycles. The fraction of sp³-hybridized carbons (Fsp3) is 0.613. The number of amides is 16. The van der Waals surface area contributed by atoms with Crippen LogP contribution in [-0.4, -0.2) is 249 Å². The molecule has 43 nitrogen and oxygen atoms in total. The standard InChI is InChI=1S/C80H129N25O18/c1-46(2)37-60-77(122)103-59(68(83)113)40-63(108)89-33-18-14-28-55(72(117)101-57(30-20-36-92-80(86)87)74(119)100-53(75(120)104-60)25-11-15-31-81)102-78(123)61-41-64(109)90-34-17-13-27-52(71(116)95-47(3)69(114)97-56(29-19-35-91-79(84)85)73(118)99-54(76(121)105-61)26-12-16-32-82)98-70(115)51(48(4)106)39-62(107)58(38-49-21-7-5-8-22-49)96-67(112)45-94-66(111)44-93-65(110)43-88-42-50-23-9-6-10-24-50/h5-10,21-24,46-48,51-61,88,106H,11-20,25-45,81-82H2,1-4H3,(H2,83,113)(H,89,108)(H,90,109)(H,93,110)(H,94,111)(H,95,116)(H,96,112)(H,97,114)(H,98,115)(H,99,118)(H,100,119)(H,101,117)(H,102,123)(H,103,122)(H,104,120)(H,105,121)(H4,84,85,91)(H4,86,87,92)/p+2/t47-,48?,51-,52-,53-,54-,55-,56-,57-,58-,59-,60-,61-/m0/s1. The first-order valence-electron chi connectivity index (χ1n) is 41.9. The van der Waals surface area contributed by atoms with Crippen LogP contribution in [0.2, 0.25) is 0 Å². The molecule has 2 aromatic carbocycles. The molecule has 2 aliphatic rings. The van der Waals surface area contributed by atoms with E-state index in [1.165, 1.54) is 13.8 Å². The zero-order chi connectivity index (χ0) is 90.9. The molecule has 2 heterocycles. The molecule has 682 valence electrons. The van der Waals surface area contributed by atoms with Crippen LogP contribution in [0.15, 0.2) is 60.7 Å².